The van der Waals surface area contributed by atoms with E-state index in [-0.39, 0.29) is 0 Å². The summed E-state index contributed by atoms with van der Waals surface area (Å²) < 4.78 is 5.55. The molecule has 0 aromatic heterocycles. The SMILES string of the molecule is CC1CCN(C(=O)CCC2CCCO2)CC1Br. The molecule has 4 heteroatoms. The molecule has 3 nitrogen and oxygen atoms in total. The molecular weight excluding hydrogens is 282 g/mol. The Morgan fingerprint density at radius 2 is 2.29 bits per heavy atom. The predicted molar refractivity (Wildman–Crippen MR) is 71.3 cm³/mol. The molecule has 0 saturated carbocycles. The number of alkyl halides is 1. The molecule has 2 aliphatic rings. The van der Waals surface area contributed by atoms with Crippen LogP contribution in [0.4, 0.5) is 0 Å². The van der Waals surface area contributed by atoms with Crippen molar-refractivity contribution >= 4 is 21.8 Å². The summed E-state index contributed by atoms with van der Waals surface area (Å²) in [6.45, 7) is 4.91. The molecule has 0 aromatic carbocycles. The lowest BCUT2D eigenvalue weighted by Crippen LogP contribution is -2.43. The maximum Gasteiger partial charge on any atom is 0.222 e. The molecule has 1 amide bonds. The molecule has 3 unspecified atom stereocenters. The minimum absolute atomic E-state index is 0.303. The summed E-state index contributed by atoms with van der Waals surface area (Å²) in [5.41, 5.74) is 0. The Balaban J connectivity index is 1.72. The molecule has 2 saturated heterocycles. The minimum atomic E-state index is 0.303. The Kier molecular flexibility index (Phi) is 4.86. The molecule has 0 bridgehead atoms. The van der Waals surface area contributed by atoms with Crippen LogP contribution in [0.3, 0.4) is 0 Å². The first kappa shape index (κ1) is 13.3. The lowest BCUT2D eigenvalue weighted by atomic mass is 9.98. The second-order valence-corrected chi connectivity index (χ2v) is 6.47. The van der Waals surface area contributed by atoms with Gasteiger partial charge in [0.2, 0.25) is 5.91 Å². The second-order valence-electron chi connectivity index (χ2n) is 5.30. The van der Waals surface area contributed by atoms with E-state index in [1.165, 1.54) is 0 Å². The number of piperidine rings is 1. The highest BCUT2D eigenvalue weighted by atomic mass is 79.9. The van der Waals surface area contributed by atoms with Crippen molar-refractivity contribution in [3.05, 3.63) is 0 Å². The van der Waals surface area contributed by atoms with Crippen molar-refractivity contribution in [3.63, 3.8) is 0 Å². The van der Waals surface area contributed by atoms with Gasteiger partial charge in [-0.1, -0.05) is 22.9 Å². The molecule has 0 radical (unpaired) electrons. The maximum atomic E-state index is 12.1. The number of hydrogen-bond acceptors (Lipinski definition) is 2. The number of ether oxygens (including phenoxy) is 1. The van der Waals surface area contributed by atoms with E-state index in [0.29, 0.717) is 29.2 Å². The summed E-state index contributed by atoms with van der Waals surface area (Å²) in [4.78, 5) is 14.5. The number of nitrogens with zero attached hydrogens (tertiary/aromatic N) is 1. The van der Waals surface area contributed by atoms with Gasteiger partial charge in [-0.3, -0.25) is 4.79 Å². The van der Waals surface area contributed by atoms with Crippen LogP contribution in [-0.2, 0) is 9.53 Å². The summed E-state index contributed by atoms with van der Waals surface area (Å²) in [5.74, 6) is 0.981. The molecule has 17 heavy (non-hydrogen) atoms. The first-order valence-corrected chi connectivity index (χ1v) is 7.62. The zero-order valence-corrected chi connectivity index (χ0v) is 12.1. The number of carbonyl (C=O) groups is 1. The molecule has 0 N–H and O–H groups in total. The lowest BCUT2D eigenvalue weighted by Gasteiger charge is -2.34. The van der Waals surface area contributed by atoms with Crippen LogP contribution in [0.2, 0.25) is 0 Å². The van der Waals surface area contributed by atoms with Crippen LogP contribution < -0.4 is 0 Å². The summed E-state index contributed by atoms with van der Waals surface area (Å²) in [7, 11) is 0. The summed E-state index contributed by atoms with van der Waals surface area (Å²) in [5, 5.41) is 0. The maximum absolute atomic E-state index is 12.1. The Hall–Kier alpha value is -0.0900. The molecule has 0 aromatic rings. The second kappa shape index (κ2) is 6.19. The number of rotatable bonds is 3. The van der Waals surface area contributed by atoms with Crippen molar-refractivity contribution in [3.8, 4) is 0 Å². The van der Waals surface area contributed by atoms with Crippen LogP contribution in [0.1, 0.15) is 39.0 Å². The molecule has 2 rings (SSSR count). The van der Waals surface area contributed by atoms with Gasteiger partial charge < -0.3 is 9.64 Å². The molecule has 3 atom stereocenters. The van der Waals surface area contributed by atoms with E-state index in [1.807, 2.05) is 4.90 Å². The van der Waals surface area contributed by atoms with Gasteiger partial charge in [0.25, 0.3) is 0 Å². The molecule has 0 spiro atoms. The Bertz CT molecular complexity index is 266. The normalized spacial score (nSPS) is 34.0. The van der Waals surface area contributed by atoms with Gasteiger partial charge in [0.05, 0.1) is 6.10 Å². The summed E-state index contributed by atoms with van der Waals surface area (Å²) in [6, 6.07) is 0. The largest absolute Gasteiger partial charge is 0.378 e. The quantitative estimate of drug-likeness (QED) is 0.750. The predicted octanol–water partition coefficient (Wildman–Crippen LogP) is 2.58. The first-order chi connectivity index (χ1) is 8.16. The number of hydrogen-bond donors (Lipinski definition) is 0. The number of carbonyl (C=O) groups excluding carboxylic acids is 1. The molecule has 2 heterocycles. The van der Waals surface area contributed by atoms with Gasteiger partial charge >= 0.3 is 0 Å². The molecule has 2 fully saturated rings. The van der Waals surface area contributed by atoms with Gasteiger partial charge in [0.15, 0.2) is 0 Å². The van der Waals surface area contributed by atoms with Gasteiger partial charge in [-0.25, -0.2) is 0 Å². The Morgan fingerprint density at radius 3 is 2.94 bits per heavy atom. The fourth-order valence-electron chi connectivity index (χ4n) is 2.56. The number of amides is 1. The summed E-state index contributed by atoms with van der Waals surface area (Å²) >= 11 is 3.66. The van der Waals surface area contributed by atoms with Gasteiger partial charge in [-0.2, -0.15) is 0 Å². The Morgan fingerprint density at radius 1 is 1.47 bits per heavy atom. The topological polar surface area (TPSA) is 29.5 Å². The van der Waals surface area contributed by atoms with Gasteiger partial charge in [-0.05, 0) is 31.6 Å². The van der Waals surface area contributed by atoms with E-state index in [0.717, 1.165) is 45.4 Å². The first-order valence-electron chi connectivity index (χ1n) is 6.70. The zero-order valence-electron chi connectivity index (χ0n) is 10.5. The van der Waals surface area contributed by atoms with Crippen molar-refractivity contribution in [2.75, 3.05) is 19.7 Å². The highest BCUT2D eigenvalue weighted by Crippen LogP contribution is 2.24. The third kappa shape index (κ3) is 3.68. The average Bonchev–Trinajstić information content (AvgIpc) is 2.82. The standard InChI is InChI=1S/C13H22BrNO2/c1-10-6-7-15(9-12(10)14)13(16)5-4-11-3-2-8-17-11/h10-12H,2-9H2,1H3. The third-order valence-corrected chi connectivity index (χ3v) is 5.12. The van der Waals surface area contributed by atoms with Gasteiger partial charge in [-0.15, -0.1) is 0 Å². The van der Waals surface area contributed by atoms with Crippen LogP contribution >= 0.6 is 15.9 Å². The highest BCUT2D eigenvalue weighted by molar-refractivity contribution is 9.09. The monoisotopic (exact) mass is 303 g/mol. The van der Waals surface area contributed by atoms with E-state index >= 15 is 0 Å². The number of halogens is 1. The lowest BCUT2D eigenvalue weighted by molar-refractivity contribution is -0.133. The van der Waals surface area contributed by atoms with Crippen LogP contribution in [0.5, 0.6) is 0 Å². The highest BCUT2D eigenvalue weighted by Gasteiger charge is 2.27. The van der Waals surface area contributed by atoms with Gasteiger partial charge in [0, 0.05) is 30.9 Å². The molecular formula is C13H22BrNO2. The van der Waals surface area contributed by atoms with E-state index < -0.39 is 0 Å². The van der Waals surface area contributed by atoms with Crippen LogP contribution in [0.25, 0.3) is 0 Å². The van der Waals surface area contributed by atoms with Crippen molar-refractivity contribution in [1.29, 1.82) is 0 Å². The van der Waals surface area contributed by atoms with Crippen molar-refractivity contribution < 1.29 is 9.53 Å². The minimum Gasteiger partial charge on any atom is -0.378 e. The van der Waals surface area contributed by atoms with Crippen molar-refractivity contribution in [1.82, 2.24) is 4.90 Å². The number of likely N-dealkylation sites (tertiary alicyclic amines) is 1. The van der Waals surface area contributed by atoms with E-state index in [9.17, 15) is 4.79 Å². The molecule has 2 aliphatic heterocycles. The van der Waals surface area contributed by atoms with E-state index in [4.69, 9.17) is 4.74 Å². The van der Waals surface area contributed by atoms with Crippen LogP contribution in [-0.4, -0.2) is 41.4 Å². The Labute approximate surface area is 112 Å². The van der Waals surface area contributed by atoms with Crippen molar-refractivity contribution in [2.24, 2.45) is 5.92 Å². The third-order valence-electron chi connectivity index (χ3n) is 3.92. The molecule has 0 aliphatic carbocycles. The van der Waals surface area contributed by atoms with Crippen molar-refractivity contribution in [2.45, 2.75) is 50.0 Å². The summed E-state index contributed by atoms with van der Waals surface area (Å²) in [6.07, 6.45) is 5.29. The van der Waals surface area contributed by atoms with Crippen LogP contribution in [0, 0.1) is 5.92 Å². The van der Waals surface area contributed by atoms with Crippen LogP contribution in [0.15, 0.2) is 0 Å². The van der Waals surface area contributed by atoms with E-state index in [1.54, 1.807) is 0 Å². The van der Waals surface area contributed by atoms with Gasteiger partial charge in [0.1, 0.15) is 0 Å². The van der Waals surface area contributed by atoms with E-state index in [2.05, 4.69) is 22.9 Å². The zero-order chi connectivity index (χ0) is 12.3. The fraction of sp³-hybridized carbons (Fsp3) is 0.923. The average molecular weight is 304 g/mol. The molecule has 98 valence electrons. The smallest absolute Gasteiger partial charge is 0.222 e. The fourth-order valence-corrected chi connectivity index (χ4v) is 3.18.